The van der Waals surface area contributed by atoms with Crippen LogP contribution < -0.4 is 21.5 Å². The molecule has 0 aliphatic carbocycles. The number of rotatable bonds is 6. The van der Waals surface area contributed by atoms with Crippen molar-refractivity contribution in [2.45, 2.75) is 24.3 Å². The normalized spacial score (nSPS) is 11.8. The molecule has 0 spiro atoms. The van der Waals surface area contributed by atoms with E-state index in [2.05, 4.69) is 25.7 Å². The zero-order chi connectivity index (χ0) is 14.4. The fourth-order valence-corrected chi connectivity index (χ4v) is 1.93. The van der Waals surface area contributed by atoms with Crippen molar-refractivity contribution in [3.63, 3.8) is 0 Å². The first-order valence-electron chi connectivity index (χ1n) is 5.82. The maximum Gasteiger partial charge on any atom is 0.247 e. The number of carbonyl (C=O) groups excluding carboxylic acids is 1. The number of hydrogen-bond donors (Lipinski definition) is 3. The first kappa shape index (κ1) is 15.4. The monoisotopic (exact) mass is 285 g/mol. The predicted molar refractivity (Wildman–Crippen MR) is 76.0 cm³/mol. The van der Waals surface area contributed by atoms with Gasteiger partial charge in [-0.15, -0.1) is 0 Å². The minimum absolute atomic E-state index is 0.276. The van der Waals surface area contributed by atoms with Gasteiger partial charge < -0.3 is 10.2 Å². The second-order valence-corrected chi connectivity index (χ2v) is 5.24. The molecule has 0 aromatic carbocycles. The lowest BCUT2D eigenvalue weighted by Crippen LogP contribution is -2.36. The van der Waals surface area contributed by atoms with Crippen molar-refractivity contribution in [1.29, 1.82) is 0 Å². The van der Waals surface area contributed by atoms with Crippen LogP contribution in [0.3, 0.4) is 0 Å². The van der Waals surface area contributed by atoms with Crippen LogP contribution in [0.1, 0.15) is 13.8 Å². The molecule has 0 aliphatic rings. The topological polar surface area (TPSA) is 109 Å². The number of carbonyl (C=O) groups is 1. The van der Waals surface area contributed by atoms with Crippen LogP contribution in [0.15, 0.2) is 5.16 Å². The van der Waals surface area contributed by atoms with Crippen LogP contribution in [0.4, 0.5) is 11.9 Å². The molecule has 1 unspecified atom stereocenters. The van der Waals surface area contributed by atoms with Crippen LogP contribution >= 0.6 is 11.8 Å². The lowest BCUT2D eigenvalue weighted by molar-refractivity contribution is -0.120. The summed E-state index contributed by atoms with van der Waals surface area (Å²) in [5, 5.41) is 3.13. The minimum Gasteiger partial charge on any atom is -0.354 e. The molecule has 1 heterocycles. The van der Waals surface area contributed by atoms with Crippen LogP contribution in [0.25, 0.3) is 0 Å². The van der Waals surface area contributed by atoms with E-state index in [1.165, 1.54) is 11.8 Å². The van der Waals surface area contributed by atoms with Crippen molar-refractivity contribution >= 4 is 29.6 Å². The Morgan fingerprint density at radius 3 is 2.63 bits per heavy atom. The quantitative estimate of drug-likeness (QED) is 0.286. The van der Waals surface area contributed by atoms with E-state index in [0.717, 1.165) is 0 Å². The van der Waals surface area contributed by atoms with E-state index < -0.39 is 0 Å². The molecule has 106 valence electrons. The van der Waals surface area contributed by atoms with Gasteiger partial charge in [0.15, 0.2) is 5.16 Å². The van der Waals surface area contributed by atoms with Crippen LogP contribution in [-0.2, 0) is 4.79 Å². The molecule has 9 heteroatoms. The molecule has 0 radical (unpaired) electrons. The highest BCUT2D eigenvalue weighted by Gasteiger charge is 2.16. The summed E-state index contributed by atoms with van der Waals surface area (Å²) in [5.74, 6) is 5.85. The van der Waals surface area contributed by atoms with E-state index in [1.807, 2.05) is 21.0 Å². The highest BCUT2D eigenvalue weighted by atomic mass is 32.2. The average molecular weight is 285 g/mol. The Hall–Kier alpha value is -1.61. The predicted octanol–water partition coefficient (Wildman–Crippen LogP) is -0.160. The Kier molecular flexibility index (Phi) is 5.77. The van der Waals surface area contributed by atoms with Crippen LogP contribution in [0.2, 0.25) is 0 Å². The largest absolute Gasteiger partial charge is 0.354 e. The number of nitrogens with zero attached hydrogens (tertiary/aromatic N) is 4. The molecule has 0 bridgehead atoms. The summed E-state index contributed by atoms with van der Waals surface area (Å²) in [5.41, 5.74) is 2.11. The molecule has 19 heavy (non-hydrogen) atoms. The lowest BCUT2D eigenvalue weighted by Gasteiger charge is -2.14. The molecule has 8 nitrogen and oxygen atoms in total. The van der Waals surface area contributed by atoms with Crippen LogP contribution in [0, 0.1) is 0 Å². The van der Waals surface area contributed by atoms with Gasteiger partial charge in [0.1, 0.15) is 0 Å². The molecule has 1 aromatic heterocycles. The molecular formula is C10H19N7OS. The fraction of sp³-hybridized carbons (Fsp3) is 0.600. The second-order valence-electron chi connectivity index (χ2n) is 3.94. The van der Waals surface area contributed by atoms with Crippen molar-refractivity contribution in [2.75, 3.05) is 30.9 Å². The summed E-state index contributed by atoms with van der Waals surface area (Å²) in [4.78, 5) is 25.9. The third kappa shape index (κ3) is 4.52. The summed E-state index contributed by atoms with van der Waals surface area (Å²) in [6, 6.07) is 0. The van der Waals surface area contributed by atoms with E-state index in [1.54, 1.807) is 11.8 Å². The Morgan fingerprint density at radius 2 is 2.11 bits per heavy atom. The standard InChI is InChI=1S/C10H19N7OS/c1-5-12-8-13-9(17(3)4)15-10(14-8)19-6(2)7(18)16-11/h6H,5,11H2,1-4H3,(H,16,18)(H,12,13,14,15). The first-order valence-corrected chi connectivity index (χ1v) is 6.70. The summed E-state index contributed by atoms with van der Waals surface area (Å²) in [6.45, 7) is 4.40. The first-order chi connectivity index (χ1) is 8.97. The van der Waals surface area contributed by atoms with Gasteiger partial charge in [0.25, 0.3) is 0 Å². The van der Waals surface area contributed by atoms with E-state index in [9.17, 15) is 4.79 Å². The molecule has 1 rings (SSSR count). The number of anilines is 2. The molecule has 0 aliphatic heterocycles. The van der Waals surface area contributed by atoms with Gasteiger partial charge in [-0.1, -0.05) is 11.8 Å². The van der Waals surface area contributed by atoms with Gasteiger partial charge in [-0.05, 0) is 13.8 Å². The number of hydrazine groups is 1. The van der Waals surface area contributed by atoms with Gasteiger partial charge in [-0.2, -0.15) is 15.0 Å². The minimum atomic E-state index is -0.378. The third-order valence-electron chi connectivity index (χ3n) is 2.13. The molecule has 4 N–H and O–H groups in total. The van der Waals surface area contributed by atoms with Gasteiger partial charge in [0, 0.05) is 20.6 Å². The zero-order valence-corrected chi connectivity index (χ0v) is 12.3. The Balaban J connectivity index is 2.95. The molecule has 1 atom stereocenters. The molecule has 1 aromatic rings. The molecule has 0 saturated heterocycles. The lowest BCUT2D eigenvalue weighted by atomic mass is 10.5. The van der Waals surface area contributed by atoms with E-state index >= 15 is 0 Å². The van der Waals surface area contributed by atoms with Gasteiger partial charge in [0.05, 0.1) is 5.25 Å². The fourth-order valence-electron chi connectivity index (χ4n) is 1.16. The third-order valence-corrected chi connectivity index (χ3v) is 3.09. The summed E-state index contributed by atoms with van der Waals surface area (Å²) in [6.07, 6.45) is 0. The summed E-state index contributed by atoms with van der Waals surface area (Å²) < 4.78 is 0. The maximum atomic E-state index is 11.4. The van der Waals surface area contributed by atoms with Crippen LogP contribution in [-0.4, -0.2) is 46.7 Å². The van der Waals surface area contributed by atoms with Crippen molar-refractivity contribution in [3.8, 4) is 0 Å². The van der Waals surface area contributed by atoms with Gasteiger partial charge in [0.2, 0.25) is 17.8 Å². The van der Waals surface area contributed by atoms with Gasteiger partial charge in [-0.25, -0.2) is 5.84 Å². The number of amides is 1. The Bertz CT molecular complexity index is 440. The number of nitrogens with one attached hydrogen (secondary N) is 2. The van der Waals surface area contributed by atoms with Crippen molar-refractivity contribution < 1.29 is 4.79 Å². The van der Waals surface area contributed by atoms with Crippen molar-refractivity contribution in [1.82, 2.24) is 20.4 Å². The molecule has 0 fully saturated rings. The maximum absolute atomic E-state index is 11.4. The molecule has 1 amide bonds. The number of aromatic nitrogens is 3. The Labute approximate surface area is 116 Å². The molecular weight excluding hydrogens is 266 g/mol. The molecule has 0 saturated carbocycles. The number of hydrogen-bond acceptors (Lipinski definition) is 8. The zero-order valence-electron chi connectivity index (χ0n) is 11.5. The number of nitrogens with two attached hydrogens (primary N) is 1. The average Bonchev–Trinajstić information content (AvgIpc) is 2.37. The van der Waals surface area contributed by atoms with Gasteiger partial charge >= 0.3 is 0 Å². The van der Waals surface area contributed by atoms with E-state index in [-0.39, 0.29) is 11.2 Å². The van der Waals surface area contributed by atoms with Crippen molar-refractivity contribution in [3.05, 3.63) is 0 Å². The van der Waals surface area contributed by atoms with E-state index in [4.69, 9.17) is 5.84 Å². The van der Waals surface area contributed by atoms with Crippen molar-refractivity contribution in [2.24, 2.45) is 5.84 Å². The second kappa shape index (κ2) is 7.10. The van der Waals surface area contributed by atoms with E-state index in [0.29, 0.717) is 23.6 Å². The summed E-state index contributed by atoms with van der Waals surface area (Å²) >= 11 is 1.23. The number of thioether (sulfide) groups is 1. The SMILES string of the molecule is CCNc1nc(SC(C)C(=O)NN)nc(N(C)C)n1. The van der Waals surface area contributed by atoms with Gasteiger partial charge in [-0.3, -0.25) is 10.2 Å². The summed E-state index contributed by atoms with van der Waals surface area (Å²) in [7, 11) is 3.69. The Morgan fingerprint density at radius 1 is 1.42 bits per heavy atom. The smallest absolute Gasteiger partial charge is 0.247 e. The van der Waals surface area contributed by atoms with Crippen LogP contribution in [0.5, 0.6) is 0 Å². The highest BCUT2D eigenvalue weighted by molar-refractivity contribution is 8.00. The highest BCUT2D eigenvalue weighted by Crippen LogP contribution is 2.22.